The molecule has 1 aliphatic heterocycles. The molecule has 2 rings (SSSR count). The number of rotatable bonds is 3. The van der Waals surface area contributed by atoms with E-state index in [0.717, 1.165) is 10.6 Å². The summed E-state index contributed by atoms with van der Waals surface area (Å²) in [6, 6.07) is -0.846. The first-order valence-electron chi connectivity index (χ1n) is 6.41. The second-order valence-corrected chi connectivity index (χ2v) is 6.19. The number of piperazine rings is 1. The molecule has 0 aliphatic carbocycles. The first-order valence-corrected chi connectivity index (χ1v) is 7.29. The first-order chi connectivity index (χ1) is 8.91. The molecule has 2 amide bonds. The van der Waals surface area contributed by atoms with E-state index in [2.05, 4.69) is 10.3 Å². The normalized spacial score (nSPS) is 23.9. The van der Waals surface area contributed by atoms with Gasteiger partial charge < -0.3 is 10.2 Å². The van der Waals surface area contributed by atoms with Gasteiger partial charge in [0.15, 0.2) is 0 Å². The Morgan fingerprint density at radius 3 is 2.68 bits per heavy atom. The van der Waals surface area contributed by atoms with Gasteiger partial charge in [0.25, 0.3) is 0 Å². The van der Waals surface area contributed by atoms with Crippen LogP contribution in [0.4, 0.5) is 0 Å². The Morgan fingerprint density at radius 1 is 1.47 bits per heavy atom. The van der Waals surface area contributed by atoms with Gasteiger partial charge in [0.2, 0.25) is 11.8 Å². The van der Waals surface area contributed by atoms with Crippen molar-refractivity contribution < 1.29 is 9.59 Å². The number of amides is 2. The average molecular weight is 281 g/mol. The van der Waals surface area contributed by atoms with Gasteiger partial charge in [-0.05, 0) is 19.8 Å². The molecule has 1 N–H and O–H groups in total. The van der Waals surface area contributed by atoms with Crippen LogP contribution in [0.2, 0.25) is 0 Å². The lowest BCUT2D eigenvalue weighted by atomic mass is 9.97. The van der Waals surface area contributed by atoms with Gasteiger partial charge in [-0.15, -0.1) is 11.3 Å². The second kappa shape index (κ2) is 5.28. The molecule has 1 aromatic rings. The lowest BCUT2D eigenvalue weighted by Gasteiger charge is -2.39. The summed E-state index contributed by atoms with van der Waals surface area (Å²) in [4.78, 5) is 31.3. The third-order valence-electron chi connectivity index (χ3n) is 3.41. The molecule has 0 bridgehead atoms. The van der Waals surface area contributed by atoms with E-state index in [9.17, 15) is 9.59 Å². The number of thiazole rings is 1. The summed E-state index contributed by atoms with van der Waals surface area (Å²) in [5.41, 5.74) is 2.70. The molecule has 1 fully saturated rings. The van der Waals surface area contributed by atoms with Gasteiger partial charge in [0.1, 0.15) is 12.1 Å². The maximum absolute atomic E-state index is 12.3. The van der Waals surface area contributed by atoms with Gasteiger partial charge in [-0.2, -0.15) is 0 Å². The maximum atomic E-state index is 12.3. The predicted molar refractivity (Wildman–Crippen MR) is 73.6 cm³/mol. The summed E-state index contributed by atoms with van der Waals surface area (Å²) in [5.74, 6) is 0.0000425. The molecule has 0 spiro atoms. The topological polar surface area (TPSA) is 62.3 Å². The van der Waals surface area contributed by atoms with Crippen molar-refractivity contribution in [2.75, 3.05) is 0 Å². The molecule has 0 saturated carbocycles. The van der Waals surface area contributed by atoms with Gasteiger partial charge in [-0.1, -0.05) is 13.8 Å². The van der Waals surface area contributed by atoms with Gasteiger partial charge in [-0.25, -0.2) is 4.98 Å². The van der Waals surface area contributed by atoms with E-state index in [-0.39, 0.29) is 17.7 Å². The van der Waals surface area contributed by atoms with Crippen LogP contribution in [0.15, 0.2) is 5.51 Å². The van der Waals surface area contributed by atoms with Crippen molar-refractivity contribution in [3.63, 3.8) is 0 Å². The highest BCUT2D eigenvalue weighted by atomic mass is 32.1. The van der Waals surface area contributed by atoms with Gasteiger partial charge in [0.05, 0.1) is 17.7 Å². The Balaban J connectivity index is 2.29. The van der Waals surface area contributed by atoms with Crippen LogP contribution in [0.25, 0.3) is 0 Å². The summed E-state index contributed by atoms with van der Waals surface area (Å²) in [5, 5.41) is 2.74. The maximum Gasteiger partial charge on any atom is 0.245 e. The number of nitrogens with one attached hydrogen (secondary N) is 1. The highest BCUT2D eigenvalue weighted by molar-refractivity contribution is 7.09. The standard InChI is InChI=1S/C13H19N3O2S/c1-7(2)11-12(17)15-9(4)13(18)16(11)5-10-8(3)14-6-19-10/h6-7,9,11H,5H2,1-4H3,(H,15,17). The Morgan fingerprint density at radius 2 is 2.16 bits per heavy atom. The van der Waals surface area contributed by atoms with Crippen LogP contribution in [0.1, 0.15) is 31.3 Å². The van der Waals surface area contributed by atoms with Crippen molar-refractivity contribution in [2.24, 2.45) is 5.92 Å². The van der Waals surface area contributed by atoms with E-state index in [1.807, 2.05) is 20.8 Å². The molecule has 2 heterocycles. The Labute approximate surface area is 117 Å². The van der Waals surface area contributed by atoms with Crippen LogP contribution in [-0.4, -0.2) is 33.8 Å². The van der Waals surface area contributed by atoms with Crippen LogP contribution in [-0.2, 0) is 16.1 Å². The fourth-order valence-electron chi connectivity index (χ4n) is 2.36. The van der Waals surface area contributed by atoms with E-state index in [1.54, 1.807) is 17.3 Å². The summed E-state index contributed by atoms with van der Waals surface area (Å²) >= 11 is 1.52. The van der Waals surface area contributed by atoms with E-state index in [1.165, 1.54) is 11.3 Å². The summed E-state index contributed by atoms with van der Waals surface area (Å²) in [6.45, 7) is 8.04. The van der Waals surface area contributed by atoms with Crippen molar-refractivity contribution >= 4 is 23.2 Å². The minimum Gasteiger partial charge on any atom is -0.343 e. The zero-order valence-corrected chi connectivity index (χ0v) is 12.5. The van der Waals surface area contributed by atoms with Crippen LogP contribution in [0.5, 0.6) is 0 Å². The summed E-state index contributed by atoms with van der Waals surface area (Å²) < 4.78 is 0. The minimum atomic E-state index is -0.448. The molecule has 6 heteroatoms. The zero-order chi connectivity index (χ0) is 14.2. The molecule has 2 atom stereocenters. The molecule has 2 unspecified atom stereocenters. The van der Waals surface area contributed by atoms with E-state index >= 15 is 0 Å². The summed E-state index contributed by atoms with van der Waals surface area (Å²) in [6.07, 6.45) is 0. The van der Waals surface area contributed by atoms with Crippen LogP contribution < -0.4 is 5.32 Å². The quantitative estimate of drug-likeness (QED) is 0.909. The monoisotopic (exact) mass is 281 g/mol. The molecular formula is C13H19N3O2S. The van der Waals surface area contributed by atoms with E-state index in [0.29, 0.717) is 6.54 Å². The first kappa shape index (κ1) is 14.0. The highest BCUT2D eigenvalue weighted by Gasteiger charge is 2.40. The number of aryl methyl sites for hydroxylation is 1. The van der Waals surface area contributed by atoms with Crippen LogP contribution >= 0.6 is 11.3 Å². The molecule has 5 nitrogen and oxygen atoms in total. The number of hydrogen-bond acceptors (Lipinski definition) is 4. The highest BCUT2D eigenvalue weighted by Crippen LogP contribution is 2.23. The van der Waals surface area contributed by atoms with Gasteiger partial charge in [-0.3, -0.25) is 9.59 Å². The number of carbonyl (C=O) groups excluding carboxylic acids is 2. The van der Waals surface area contributed by atoms with Crippen molar-refractivity contribution in [1.82, 2.24) is 15.2 Å². The van der Waals surface area contributed by atoms with Crippen molar-refractivity contribution in [2.45, 2.75) is 46.3 Å². The fourth-order valence-corrected chi connectivity index (χ4v) is 3.13. The fraction of sp³-hybridized carbons (Fsp3) is 0.615. The summed E-state index contributed by atoms with van der Waals surface area (Å²) in [7, 11) is 0. The van der Waals surface area contributed by atoms with Crippen LogP contribution in [0, 0.1) is 12.8 Å². The SMILES string of the molecule is Cc1ncsc1CN1C(=O)C(C)NC(=O)C1C(C)C. The molecule has 0 radical (unpaired) electrons. The van der Waals surface area contributed by atoms with Gasteiger partial charge >= 0.3 is 0 Å². The van der Waals surface area contributed by atoms with E-state index in [4.69, 9.17) is 0 Å². The second-order valence-electron chi connectivity index (χ2n) is 5.25. The number of aromatic nitrogens is 1. The Kier molecular flexibility index (Phi) is 3.89. The lowest BCUT2D eigenvalue weighted by Crippen LogP contribution is -2.63. The third-order valence-corrected chi connectivity index (χ3v) is 4.33. The van der Waals surface area contributed by atoms with E-state index < -0.39 is 12.1 Å². The molecule has 0 aromatic carbocycles. The van der Waals surface area contributed by atoms with Crippen LogP contribution in [0.3, 0.4) is 0 Å². The minimum absolute atomic E-state index is 0.0221. The number of hydrogen-bond donors (Lipinski definition) is 1. The average Bonchev–Trinajstić information content (AvgIpc) is 2.71. The smallest absolute Gasteiger partial charge is 0.245 e. The zero-order valence-electron chi connectivity index (χ0n) is 11.6. The Hall–Kier alpha value is -1.43. The Bertz CT molecular complexity index is 498. The number of carbonyl (C=O) groups is 2. The van der Waals surface area contributed by atoms with Crippen molar-refractivity contribution in [1.29, 1.82) is 0 Å². The third kappa shape index (κ3) is 2.63. The lowest BCUT2D eigenvalue weighted by molar-refractivity contribution is -0.151. The predicted octanol–water partition coefficient (Wildman–Crippen LogP) is 1.32. The molecule has 19 heavy (non-hydrogen) atoms. The van der Waals surface area contributed by atoms with Crippen molar-refractivity contribution in [3.05, 3.63) is 16.1 Å². The molecule has 1 aliphatic rings. The number of nitrogens with zero attached hydrogens (tertiary/aromatic N) is 2. The largest absolute Gasteiger partial charge is 0.343 e. The molecular weight excluding hydrogens is 262 g/mol. The molecule has 1 saturated heterocycles. The molecule has 1 aromatic heterocycles. The van der Waals surface area contributed by atoms with Gasteiger partial charge in [0, 0.05) is 4.88 Å². The van der Waals surface area contributed by atoms with Crippen molar-refractivity contribution in [3.8, 4) is 0 Å². The molecule has 104 valence electrons.